The molecule has 0 spiro atoms. The average molecular weight is 195 g/mol. The lowest BCUT2D eigenvalue weighted by Gasteiger charge is -2.18. The van der Waals surface area contributed by atoms with Crippen LogP contribution in [0.1, 0.15) is 5.56 Å². The van der Waals surface area contributed by atoms with Gasteiger partial charge in [-0.25, -0.2) is 0 Å². The minimum absolute atomic E-state index is 0.0993. The van der Waals surface area contributed by atoms with Crippen LogP contribution in [0.5, 0.6) is 0 Å². The lowest BCUT2D eigenvalue weighted by molar-refractivity contribution is 0.206. The Labute approximate surface area is 84.9 Å². The molecule has 0 saturated carbocycles. The number of hydrogen-bond acceptors (Lipinski definition) is 3. The van der Waals surface area contributed by atoms with E-state index in [1.54, 1.807) is 7.11 Å². The second-order valence-corrected chi connectivity index (χ2v) is 3.24. The summed E-state index contributed by atoms with van der Waals surface area (Å²) in [6, 6.07) is 7.86. The van der Waals surface area contributed by atoms with Gasteiger partial charge in [0.25, 0.3) is 0 Å². The Hall–Kier alpha value is -1.06. The van der Waals surface area contributed by atoms with Crippen LogP contribution in [-0.4, -0.2) is 32.4 Å². The molecule has 1 rings (SSSR count). The highest BCUT2D eigenvalue weighted by atomic mass is 16.5. The maximum atomic E-state index is 8.87. The summed E-state index contributed by atoms with van der Waals surface area (Å²) < 4.78 is 5.00. The van der Waals surface area contributed by atoms with Gasteiger partial charge in [-0.15, -0.1) is 0 Å². The van der Waals surface area contributed by atoms with E-state index < -0.39 is 0 Å². The van der Waals surface area contributed by atoms with Crippen LogP contribution in [0.25, 0.3) is 0 Å². The number of likely N-dealkylation sites (N-methyl/N-ethyl adjacent to an activating group) is 1. The van der Waals surface area contributed by atoms with Gasteiger partial charge in [0, 0.05) is 26.4 Å². The van der Waals surface area contributed by atoms with Crippen LogP contribution < -0.4 is 4.90 Å². The van der Waals surface area contributed by atoms with Crippen molar-refractivity contribution in [1.29, 1.82) is 0 Å². The fourth-order valence-corrected chi connectivity index (χ4v) is 1.21. The Morgan fingerprint density at radius 1 is 1.29 bits per heavy atom. The van der Waals surface area contributed by atoms with Gasteiger partial charge in [0.05, 0.1) is 13.2 Å². The number of rotatable bonds is 5. The van der Waals surface area contributed by atoms with Crippen LogP contribution in [0.4, 0.5) is 5.69 Å². The molecule has 3 heteroatoms. The lowest BCUT2D eigenvalue weighted by atomic mass is 10.2. The Bertz CT molecular complexity index is 258. The van der Waals surface area contributed by atoms with E-state index >= 15 is 0 Å². The molecule has 0 aliphatic rings. The summed E-state index contributed by atoms with van der Waals surface area (Å²) in [5, 5.41) is 8.87. The molecule has 0 aliphatic carbocycles. The Kier molecular flexibility index (Phi) is 4.43. The topological polar surface area (TPSA) is 32.7 Å². The van der Waals surface area contributed by atoms with E-state index in [9.17, 15) is 0 Å². The van der Waals surface area contributed by atoms with Gasteiger partial charge in [0.15, 0.2) is 0 Å². The van der Waals surface area contributed by atoms with Crippen LogP contribution in [0.3, 0.4) is 0 Å². The third-order valence-corrected chi connectivity index (χ3v) is 2.19. The number of aliphatic hydroxyl groups is 1. The minimum atomic E-state index is 0.0993. The molecule has 78 valence electrons. The first-order chi connectivity index (χ1) is 6.77. The summed E-state index contributed by atoms with van der Waals surface area (Å²) in [4.78, 5) is 2.12. The number of aliphatic hydroxyl groups excluding tert-OH is 1. The van der Waals surface area contributed by atoms with Gasteiger partial charge in [-0.3, -0.25) is 0 Å². The number of hydrogen-bond donors (Lipinski definition) is 1. The first-order valence-corrected chi connectivity index (χ1v) is 4.68. The Morgan fingerprint density at radius 2 is 1.93 bits per heavy atom. The largest absolute Gasteiger partial charge is 0.392 e. The monoisotopic (exact) mass is 195 g/mol. The molecule has 1 aromatic rings. The highest BCUT2D eigenvalue weighted by Crippen LogP contribution is 2.13. The van der Waals surface area contributed by atoms with Gasteiger partial charge < -0.3 is 14.7 Å². The summed E-state index contributed by atoms with van der Waals surface area (Å²) in [6.45, 7) is 1.69. The molecule has 0 radical (unpaired) electrons. The zero-order valence-corrected chi connectivity index (χ0v) is 8.73. The standard InChI is InChI=1S/C11H17NO2/c1-12(7-8-14-2)11-5-3-10(9-13)4-6-11/h3-6,13H,7-9H2,1-2H3. The minimum Gasteiger partial charge on any atom is -0.392 e. The van der Waals surface area contributed by atoms with Crippen molar-refractivity contribution < 1.29 is 9.84 Å². The van der Waals surface area contributed by atoms with E-state index in [0.717, 1.165) is 24.4 Å². The fraction of sp³-hybridized carbons (Fsp3) is 0.455. The molecule has 0 bridgehead atoms. The number of methoxy groups -OCH3 is 1. The zero-order chi connectivity index (χ0) is 10.4. The molecule has 0 aliphatic heterocycles. The van der Waals surface area contributed by atoms with Crippen molar-refractivity contribution in [2.45, 2.75) is 6.61 Å². The molecule has 0 saturated heterocycles. The second-order valence-electron chi connectivity index (χ2n) is 3.24. The van der Waals surface area contributed by atoms with Crippen molar-refractivity contribution >= 4 is 5.69 Å². The highest BCUT2D eigenvalue weighted by Gasteiger charge is 1.99. The fourth-order valence-electron chi connectivity index (χ4n) is 1.21. The van der Waals surface area contributed by atoms with Gasteiger partial charge in [-0.1, -0.05) is 12.1 Å². The summed E-state index contributed by atoms with van der Waals surface area (Å²) in [6.07, 6.45) is 0. The molecule has 3 nitrogen and oxygen atoms in total. The molecule has 1 aromatic carbocycles. The number of benzene rings is 1. The van der Waals surface area contributed by atoms with E-state index in [-0.39, 0.29) is 6.61 Å². The Balaban J connectivity index is 2.57. The van der Waals surface area contributed by atoms with Crippen LogP contribution in [0.2, 0.25) is 0 Å². The molecule has 1 N–H and O–H groups in total. The molecule has 0 unspecified atom stereocenters. The van der Waals surface area contributed by atoms with Crippen molar-refractivity contribution in [2.24, 2.45) is 0 Å². The summed E-state index contributed by atoms with van der Waals surface area (Å²) in [7, 11) is 3.72. The maximum Gasteiger partial charge on any atom is 0.0681 e. The van der Waals surface area contributed by atoms with Crippen molar-refractivity contribution in [3.05, 3.63) is 29.8 Å². The van der Waals surface area contributed by atoms with E-state index in [1.165, 1.54) is 0 Å². The van der Waals surface area contributed by atoms with E-state index in [2.05, 4.69) is 4.90 Å². The van der Waals surface area contributed by atoms with Crippen LogP contribution in [0.15, 0.2) is 24.3 Å². The normalized spacial score (nSPS) is 10.2. The lowest BCUT2D eigenvalue weighted by Crippen LogP contribution is -2.21. The highest BCUT2D eigenvalue weighted by molar-refractivity contribution is 5.46. The second kappa shape index (κ2) is 5.62. The van der Waals surface area contributed by atoms with Crippen molar-refractivity contribution in [1.82, 2.24) is 0 Å². The summed E-state index contributed by atoms with van der Waals surface area (Å²) in [5.74, 6) is 0. The first kappa shape index (κ1) is 11.0. The molecule has 14 heavy (non-hydrogen) atoms. The third-order valence-electron chi connectivity index (χ3n) is 2.19. The van der Waals surface area contributed by atoms with Crippen molar-refractivity contribution in [3.63, 3.8) is 0 Å². The quantitative estimate of drug-likeness (QED) is 0.767. The zero-order valence-electron chi connectivity index (χ0n) is 8.73. The predicted molar refractivity (Wildman–Crippen MR) is 57.5 cm³/mol. The van der Waals surface area contributed by atoms with E-state index in [1.807, 2.05) is 31.3 Å². The van der Waals surface area contributed by atoms with Crippen LogP contribution >= 0.6 is 0 Å². The van der Waals surface area contributed by atoms with E-state index in [4.69, 9.17) is 9.84 Å². The average Bonchev–Trinajstić information content (AvgIpc) is 2.26. The maximum absolute atomic E-state index is 8.87. The smallest absolute Gasteiger partial charge is 0.0681 e. The molecular weight excluding hydrogens is 178 g/mol. The van der Waals surface area contributed by atoms with Crippen LogP contribution in [-0.2, 0) is 11.3 Å². The molecule has 0 heterocycles. The molecule has 0 atom stereocenters. The van der Waals surface area contributed by atoms with Gasteiger partial charge in [0.1, 0.15) is 0 Å². The number of anilines is 1. The summed E-state index contributed by atoms with van der Waals surface area (Å²) in [5.41, 5.74) is 2.08. The first-order valence-electron chi connectivity index (χ1n) is 4.68. The number of nitrogens with zero attached hydrogens (tertiary/aromatic N) is 1. The molecule has 0 fully saturated rings. The van der Waals surface area contributed by atoms with Gasteiger partial charge in [-0.2, -0.15) is 0 Å². The van der Waals surface area contributed by atoms with E-state index in [0.29, 0.717) is 0 Å². The van der Waals surface area contributed by atoms with Gasteiger partial charge in [0.2, 0.25) is 0 Å². The predicted octanol–water partition coefficient (Wildman–Crippen LogP) is 1.26. The molecule has 0 aromatic heterocycles. The van der Waals surface area contributed by atoms with Gasteiger partial charge in [-0.05, 0) is 17.7 Å². The summed E-state index contributed by atoms with van der Waals surface area (Å²) >= 11 is 0. The SMILES string of the molecule is COCCN(C)c1ccc(CO)cc1. The van der Waals surface area contributed by atoms with Crippen LogP contribution in [0, 0.1) is 0 Å². The number of ether oxygens (including phenoxy) is 1. The van der Waals surface area contributed by atoms with Gasteiger partial charge >= 0.3 is 0 Å². The molecule has 0 amide bonds. The Morgan fingerprint density at radius 3 is 2.43 bits per heavy atom. The third kappa shape index (κ3) is 3.01. The van der Waals surface area contributed by atoms with Crippen molar-refractivity contribution in [3.8, 4) is 0 Å². The van der Waals surface area contributed by atoms with Crippen molar-refractivity contribution in [2.75, 3.05) is 32.2 Å². The molecular formula is C11H17NO2.